The first-order chi connectivity index (χ1) is 19.8. The Balaban J connectivity index is 1.51. The smallest absolute Gasteiger partial charge is 0.416 e. The van der Waals surface area contributed by atoms with Gasteiger partial charge in [0.05, 0.1) is 27.7 Å². The maximum Gasteiger partial charge on any atom is 0.416 e. The summed E-state index contributed by atoms with van der Waals surface area (Å²) in [6, 6.07) is 12.6. The fourth-order valence-corrected chi connectivity index (χ4v) is 6.66. The topological polar surface area (TPSA) is 75.7 Å². The zero-order valence-electron chi connectivity index (χ0n) is 22.4. The molecule has 1 heterocycles. The van der Waals surface area contributed by atoms with Crippen LogP contribution in [0.3, 0.4) is 0 Å². The van der Waals surface area contributed by atoms with Crippen molar-refractivity contribution < 1.29 is 35.5 Å². The Morgan fingerprint density at radius 3 is 2.55 bits per heavy atom. The van der Waals surface area contributed by atoms with Crippen LogP contribution in [0.4, 0.5) is 23.2 Å². The molecule has 3 aromatic rings. The number of amides is 1. The van der Waals surface area contributed by atoms with Crippen LogP contribution in [0.1, 0.15) is 42.9 Å². The predicted octanol–water partition coefficient (Wildman–Crippen LogP) is 6.93. The van der Waals surface area contributed by atoms with Gasteiger partial charge in [-0.05, 0) is 73.4 Å². The first kappa shape index (κ1) is 29.9. The van der Waals surface area contributed by atoms with E-state index in [-0.39, 0.29) is 53.4 Å². The van der Waals surface area contributed by atoms with E-state index >= 15 is 0 Å². The highest BCUT2D eigenvalue weighted by Crippen LogP contribution is 2.40. The highest BCUT2D eigenvalue weighted by atomic mass is 35.5. The van der Waals surface area contributed by atoms with Gasteiger partial charge >= 0.3 is 6.18 Å². The van der Waals surface area contributed by atoms with Gasteiger partial charge in [0, 0.05) is 24.4 Å². The number of anilines is 1. The van der Waals surface area contributed by atoms with Gasteiger partial charge in [0.1, 0.15) is 17.7 Å². The minimum absolute atomic E-state index is 0.00459. The number of halogens is 5. The van der Waals surface area contributed by atoms with Crippen LogP contribution < -0.4 is 14.4 Å². The Morgan fingerprint density at radius 1 is 1.12 bits per heavy atom. The number of carbonyl (C=O) groups is 1. The quantitative estimate of drug-likeness (QED) is 0.218. The lowest BCUT2D eigenvalue weighted by Gasteiger charge is -2.36. The molecular formula is C30H27ClF4N2O4S. The number of rotatable bonds is 8. The molecule has 12 heteroatoms. The third kappa shape index (κ3) is 6.42. The van der Waals surface area contributed by atoms with Gasteiger partial charge in [-0.2, -0.15) is 13.2 Å². The number of hydrogen-bond donors (Lipinski definition) is 1. The molecule has 0 unspecified atom stereocenters. The van der Waals surface area contributed by atoms with Crippen molar-refractivity contribution in [2.45, 2.75) is 43.4 Å². The van der Waals surface area contributed by atoms with Crippen molar-refractivity contribution in [3.63, 3.8) is 0 Å². The molecule has 1 N–H and O–H groups in total. The number of ether oxygens (including phenoxy) is 1. The van der Waals surface area contributed by atoms with Gasteiger partial charge < -0.3 is 10.1 Å². The Labute approximate surface area is 246 Å². The van der Waals surface area contributed by atoms with Crippen molar-refractivity contribution >= 4 is 44.9 Å². The summed E-state index contributed by atoms with van der Waals surface area (Å²) in [7, 11) is -4.48. The number of nitrogens with zero attached hydrogens (tertiary/aromatic N) is 1. The lowest BCUT2D eigenvalue weighted by molar-refractivity contribution is -0.137. The number of sulfonamides is 1. The summed E-state index contributed by atoms with van der Waals surface area (Å²) in [5.41, 5.74) is 0.187. The zero-order chi connectivity index (χ0) is 30.2. The predicted molar refractivity (Wildman–Crippen MR) is 152 cm³/mol. The largest absolute Gasteiger partial charge is 0.486 e. The van der Waals surface area contributed by atoms with Crippen LogP contribution in [-0.2, 0) is 21.0 Å². The molecule has 1 fully saturated rings. The van der Waals surface area contributed by atoms with Gasteiger partial charge in [-0.3, -0.25) is 9.10 Å². The first-order valence-corrected chi connectivity index (χ1v) is 15.1. The van der Waals surface area contributed by atoms with Crippen molar-refractivity contribution in [2.24, 2.45) is 5.92 Å². The standard InChI is InChI=1S/C30H27ClF4N2O4S/c1-18(28-24(31)6-3-7-25(28)32)14-19-8-11-27-26(15-19)37(17-22(41-27)12-13-36-29(38)20-9-10-20)42(39,40)23-5-2-4-21(16-23)30(33,34)35/h2-8,11,14-16,20,22H,9-10,12-13,17H2,1H3,(H,36,38)/b18-14+/t22-/m0/s1. The van der Waals surface area contributed by atoms with E-state index in [1.165, 1.54) is 18.2 Å². The summed E-state index contributed by atoms with van der Waals surface area (Å²) in [6.07, 6.45) is -1.85. The number of alkyl halides is 3. The van der Waals surface area contributed by atoms with Crippen LogP contribution in [0.2, 0.25) is 5.02 Å². The van der Waals surface area contributed by atoms with E-state index in [0.717, 1.165) is 35.3 Å². The molecule has 0 bridgehead atoms. The number of nitrogens with one attached hydrogen (secondary N) is 1. The molecule has 6 nitrogen and oxygen atoms in total. The van der Waals surface area contributed by atoms with Gasteiger partial charge in [0.2, 0.25) is 5.91 Å². The maximum atomic E-state index is 14.5. The fraction of sp³-hybridized carbons (Fsp3) is 0.300. The summed E-state index contributed by atoms with van der Waals surface area (Å²) in [4.78, 5) is 11.5. The van der Waals surface area contributed by atoms with Gasteiger partial charge in [-0.25, -0.2) is 12.8 Å². The van der Waals surface area contributed by atoms with Crippen LogP contribution in [0.15, 0.2) is 65.6 Å². The average Bonchev–Trinajstić information content (AvgIpc) is 3.78. The third-order valence-electron chi connectivity index (χ3n) is 7.12. The molecule has 1 amide bonds. The zero-order valence-corrected chi connectivity index (χ0v) is 24.0. The third-order valence-corrected chi connectivity index (χ3v) is 9.21. The fourth-order valence-electron chi connectivity index (χ4n) is 4.80. The monoisotopic (exact) mass is 622 g/mol. The maximum absolute atomic E-state index is 14.5. The molecule has 3 aromatic carbocycles. The van der Waals surface area contributed by atoms with Crippen LogP contribution in [0.5, 0.6) is 5.75 Å². The first-order valence-electron chi connectivity index (χ1n) is 13.3. The van der Waals surface area contributed by atoms with Crippen LogP contribution >= 0.6 is 11.6 Å². The van der Waals surface area contributed by atoms with E-state index < -0.39 is 38.6 Å². The van der Waals surface area contributed by atoms with E-state index in [9.17, 15) is 30.8 Å². The molecule has 222 valence electrons. The average molecular weight is 623 g/mol. The summed E-state index contributed by atoms with van der Waals surface area (Å²) in [5.74, 6) is -0.386. The molecule has 5 rings (SSSR count). The van der Waals surface area contributed by atoms with Crippen molar-refractivity contribution in [1.82, 2.24) is 5.32 Å². The number of benzene rings is 3. The molecule has 0 spiro atoms. The lowest BCUT2D eigenvalue weighted by Crippen LogP contribution is -2.45. The van der Waals surface area contributed by atoms with E-state index in [2.05, 4.69) is 5.32 Å². The number of carbonyl (C=O) groups excluding carboxylic acids is 1. The molecule has 42 heavy (non-hydrogen) atoms. The van der Waals surface area contributed by atoms with Gasteiger partial charge in [0.15, 0.2) is 0 Å². The second kappa shape index (κ2) is 11.6. The van der Waals surface area contributed by atoms with Crippen molar-refractivity contribution in [3.05, 3.63) is 88.2 Å². The van der Waals surface area contributed by atoms with Gasteiger partial charge in [-0.15, -0.1) is 0 Å². The molecule has 1 atom stereocenters. The summed E-state index contributed by atoms with van der Waals surface area (Å²) < 4.78 is 89.6. The van der Waals surface area contributed by atoms with Gasteiger partial charge in [0.25, 0.3) is 10.0 Å². The second-order valence-electron chi connectivity index (χ2n) is 10.3. The van der Waals surface area contributed by atoms with Crippen LogP contribution in [-0.4, -0.2) is 33.5 Å². The molecule has 1 aliphatic carbocycles. The molecule has 2 aliphatic rings. The Bertz CT molecular complexity index is 1630. The molecule has 0 saturated heterocycles. The molecule has 0 radical (unpaired) electrons. The highest BCUT2D eigenvalue weighted by Gasteiger charge is 2.37. The number of hydrogen-bond acceptors (Lipinski definition) is 4. The van der Waals surface area contributed by atoms with Crippen LogP contribution in [0.25, 0.3) is 11.6 Å². The second-order valence-corrected chi connectivity index (χ2v) is 12.6. The minimum Gasteiger partial charge on any atom is -0.486 e. The Morgan fingerprint density at radius 2 is 1.86 bits per heavy atom. The van der Waals surface area contributed by atoms with E-state index in [1.807, 2.05) is 0 Å². The number of allylic oxidation sites excluding steroid dienone is 1. The SMILES string of the molecule is C/C(=C\c1ccc2c(c1)N(S(=O)(=O)c1cccc(C(F)(F)F)c1)C[C@H](CCNC(=O)C1CC1)O2)c1c(F)cccc1Cl. The molecule has 0 aromatic heterocycles. The summed E-state index contributed by atoms with van der Waals surface area (Å²) in [6.45, 7) is 1.70. The van der Waals surface area contributed by atoms with E-state index in [4.69, 9.17) is 16.3 Å². The Kier molecular flexibility index (Phi) is 8.26. The van der Waals surface area contributed by atoms with E-state index in [0.29, 0.717) is 17.2 Å². The summed E-state index contributed by atoms with van der Waals surface area (Å²) >= 11 is 6.20. The Hall–Kier alpha value is -3.57. The molecule has 1 saturated carbocycles. The highest BCUT2D eigenvalue weighted by molar-refractivity contribution is 7.92. The van der Waals surface area contributed by atoms with Crippen LogP contribution in [0, 0.1) is 11.7 Å². The lowest BCUT2D eigenvalue weighted by atomic mass is 10.0. The van der Waals surface area contributed by atoms with Crippen molar-refractivity contribution in [1.29, 1.82) is 0 Å². The van der Waals surface area contributed by atoms with Crippen molar-refractivity contribution in [2.75, 3.05) is 17.4 Å². The normalized spacial score (nSPS) is 17.4. The molecular weight excluding hydrogens is 596 g/mol. The summed E-state index contributed by atoms with van der Waals surface area (Å²) in [5, 5.41) is 3.02. The van der Waals surface area contributed by atoms with Gasteiger partial charge in [-0.1, -0.05) is 35.9 Å². The number of fused-ring (bicyclic) bond motifs is 1. The van der Waals surface area contributed by atoms with E-state index in [1.54, 1.807) is 31.2 Å². The minimum atomic E-state index is -4.74. The van der Waals surface area contributed by atoms with Crippen molar-refractivity contribution in [3.8, 4) is 5.75 Å². The molecule has 1 aliphatic heterocycles.